The summed E-state index contributed by atoms with van der Waals surface area (Å²) in [4.78, 5) is 5.58. The standard InChI is InChI=1S/C16H21BrN2OS/c1-4-18-9-13-8-14(17)7-11(2)16(13)20-6-5-15-12(3)19-10-21-15/h7-8,10,18H,4-6,9H2,1-3H3. The molecule has 5 heteroatoms. The maximum atomic E-state index is 6.07. The van der Waals surface area contributed by atoms with Gasteiger partial charge in [0.15, 0.2) is 0 Å². The van der Waals surface area contributed by atoms with Crippen molar-refractivity contribution in [2.24, 2.45) is 0 Å². The Morgan fingerprint density at radius 2 is 2.14 bits per heavy atom. The van der Waals surface area contributed by atoms with Gasteiger partial charge in [-0.15, -0.1) is 11.3 Å². The van der Waals surface area contributed by atoms with Gasteiger partial charge in [0.05, 0.1) is 17.8 Å². The van der Waals surface area contributed by atoms with Crippen LogP contribution < -0.4 is 10.1 Å². The van der Waals surface area contributed by atoms with Crippen molar-refractivity contribution in [2.75, 3.05) is 13.2 Å². The van der Waals surface area contributed by atoms with Crippen LogP contribution in [0.4, 0.5) is 0 Å². The molecule has 114 valence electrons. The topological polar surface area (TPSA) is 34.1 Å². The van der Waals surface area contributed by atoms with Gasteiger partial charge in [0, 0.05) is 27.9 Å². The monoisotopic (exact) mass is 368 g/mol. The van der Waals surface area contributed by atoms with Crippen LogP contribution in [0.3, 0.4) is 0 Å². The number of ether oxygens (including phenoxy) is 1. The fourth-order valence-electron chi connectivity index (χ4n) is 2.21. The molecule has 0 unspecified atom stereocenters. The van der Waals surface area contributed by atoms with Gasteiger partial charge in [-0.1, -0.05) is 22.9 Å². The van der Waals surface area contributed by atoms with Crippen LogP contribution >= 0.6 is 27.3 Å². The van der Waals surface area contributed by atoms with Crippen LogP contribution in [-0.4, -0.2) is 18.1 Å². The molecule has 21 heavy (non-hydrogen) atoms. The molecule has 1 N–H and O–H groups in total. The van der Waals surface area contributed by atoms with Crippen molar-refractivity contribution in [3.05, 3.63) is 43.8 Å². The second kappa shape index (κ2) is 7.92. The summed E-state index contributed by atoms with van der Waals surface area (Å²) in [6.07, 6.45) is 0.909. The smallest absolute Gasteiger partial charge is 0.126 e. The van der Waals surface area contributed by atoms with Crippen molar-refractivity contribution in [1.29, 1.82) is 0 Å². The van der Waals surface area contributed by atoms with Gasteiger partial charge in [-0.25, -0.2) is 4.98 Å². The van der Waals surface area contributed by atoms with Gasteiger partial charge >= 0.3 is 0 Å². The van der Waals surface area contributed by atoms with E-state index in [1.165, 1.54) is 16.0 Å². The Balaban J connectivity index is 2.05. The third kappa shape index (κ3) is 4.53. The van der Waals surface area contributed by atoms with Crippen molar-refractivity contribution in [2.45, 2.75) is 33.7 Å². The molecule has 0 radical (unpaired) electrons. The Kier molecular flexibility index (Phi) is 6.21. The average molecular weight is 369 g/mol. The van der Waals surface area contributed by atoms with E-state index in [0.717, 1.165) is 35.4 Å². The SMILES string of the molecule is CCNCc1cc(Br)cc(C)c1OCCc1scnc1C. The molecule has 2 aromatic rings. The molecule has 1 heterocycles. The fourth-order valence-corrected chi connectivity index (χ4v) is 3.59. The van der Waals surface area contributed by atoms with Gasteiger partial charge < -0.3 is 10.1 Å². The molecule has 1 aromatic carbocycles. The molecule has 0 bridgehead atoms. The van der Waals surface area contributed by atoms with Crippen LogP contribution in [0.1, 0.15) is 28.6 Å². The minimum atomic E-state index is 0.685. The number of benzene rings is 1. The number of hydrogen-bond acceptors (Lipinski definition) is 4. The van der Waals surface area contributed by atoms with Crippen LogP contribution in [0.5, 0.6) is 5.75 Å². The number of nitrogens with one attached hydrogen (secondary N) is 1. The molecule has 0 amide bonds. The summed E-state index contributed by atoms with van der Waals surface area (Å²) in [5.74, 6) is 1.00. The zero-order valence-corrected chi connectivity index (χ0v) is 15.1. The van der Waals surface area contributed by atoms with Crippen LogP contribution in [0.2, 0.25) is 0 Å². The predicted molar refractivity (Wildman–Crippen MR) is 92.3 cm³/mol. The average Bonchev–Trinajstić information content (AvgIpc) is 2.84. The summed E-state index contributed by atoms with van der Waals surface area (Å²) in [6.45, 7) is 8.71. The molecular weight excluding hydrogens is 348 g/mol. The van der Waals surface area contributed by atoms with Crippen LogP contribution in [0.15, 0.2) is 22.1 Å². The summed E-state index contributed by atoms with van der Waals surface area (Å²) in [5.41, 5.74) is 5.37. The van der Waals surface area contributed by atoms with E-state index in [0.29, 0.717) is 6.61 Å². The lowest BCUT2D eigenvalue weighted by Gasteiger charge is -2.15. The summed E-state index contributed by atoms with van der Waals surface area (Å²) in [7, 11) is 0. The van der Waals surface area contributed by atoms with E-state index in [4.69, 9.17) is 4.74 Å². The highest BCUT2D eigenvalue weighted by atomic mass is 79.9. The van der Waals surface area contributed by atoms with E-state index in [9.17, 15) is 0 Å². The second-order valence-corrected chi connectivity index (χ2v) is 6.81. The van der Waals surface area contributed by atoms with Gasteiger partial charge in [-0.3, -0.25) is 0 Å². The Labute approximate surface area is 138 Å². The van der Waals surface area contributed by atoms with Crippen LogP contribution in [0, 0.1) is 13.8 Å². The normalized spacial score (nSPS) is 10.9. The number of nitrogens with zero attached hydrogens (tertiary/aromatic N) is 1. The highest BCUT2D eigenvalue weighted by molar-refractivity contribution is 9.10. The Morgan fingerprint density at radius 3 is 2.81 bits per heavy atom. The Bertz CT molecular complexity index is 598. The maximum Gasteiger partial charge on any atom is 0.126 e. The first-order valence-electron chi connectivity index (χ1n) is 7.13. The maximum absolute atomic E-state index is 6.07. The Hall–Kier alpha value is -0.910. The molecule has 3 nitrogen and oxygen atoms in total. The van der Waals surface area contributed by atoms with Gasteiger partial charge in [0.25, 0.3) is 0 Å². The lowest BCUT2D eigenvalue weighted by molar-refractivity contribution is 0.316. The molecular formula is C16H21BrN2OS. The zero-order valence-electron chi connectivity index (χ0n) is 12.7. The van der Waals surface area contributed by atoms with E-state index in [-0.39, 0.29) is 0 Å². The first-order valence-corrected chi connectivity index (χ1v) is 8.80. The molecule has 0 spiro atoms. The lowest BCUT2D eigenvalue weighted by Crippen LogP contribution is -2.14. The van der Waals surface area contributed by atoms with Crippen molar-refractivity contribution >= 4 is 27.3 Å². The summed E-state index contributed by atoms with van der Waals surface area (Å²) in [6, 6.07) is 4.23. The van der Waals surface area contributed by atoms with E-state index in [2.05, 4.69) is 52.2 Å². The van der Waals surface area contributed by atoms with Crippen molar-refractivity contribution in [1.82, 2.24) is 10.3 Å². The quantitative estimate of drug-likeness (QED) is 0.792. The third-order valence-electron chi connectivity index (χ3n) is 3.30. The lowest BCUT2D eigenvalue weighted by atomic mass is 10.1. The van der Waals surface area contributed by atoms with Gasteiger partial charge in [-0.05, 0) is 38.1 Å². The summed E-state index contributed by atoms with van der Waals surface area (Å²) < 4.78 is 7.16. The van der Waals surface area contributed by atoms with Crippen molar-refractivity contribution in [3.63, 3.8) is 0 Å². The fraction of sp³-hybridized carbons (Fsp3) is 0.438. The minimum absolute atomic E-state index is 0.685. The largest absolute Gasteiger partial charge is 0.493 e. The van der Waals surface area contributed by atoms with Gasteiger partial charge in [-0.2, -0.15) is 0 Å². The van der Waals surface area contributed by atoms with E-state index >= 15 is 0 Å². The van der Waals surface area contributed by atoms with E-state index in [1.807, 2.05) is 12.4 Å². The molecule has 1 aromatic heterocycles. The molecule has 0 atom stereocenters. The second-order valence-electron chi connectivity index (χ2n) is 4.95. The molecule has 0 aliphatic carbocycles. The van der Waals surface area contributed by atoms with Crippen LogP contribution in [-0.2, 0) is 13.0 Å². The number of aryl methyl sites for hydroxylation is 2. The number of aromatic nitrogens is 1. The Morgan fingerprint density at radius 1 is 1.33 bits per heavy atom. The van der Waals surface area contributed by atoms with E-state index in [1.54, 1.807) is 11.3 Å². The highest BCUT2D eigenvalue weighted by Gasteiger charge is 2.10. The van der Waals surface area contributed by atoms with E-state index < -0.39 is 0 Å². The summed E-state index contributed by atoms with van der Waals surface area (Å²) in [5, 5.41) is 3.36. The number of rotatable bonds is 7. The first-order chi connectivity index (χ1) is 10.1. The molecule has 2 rings (SSSR count). The molecule has 0 aliphatic heterocycles. The minimum Gasteiger partial charge on any atom is -0.493 e. The third-order valence-corrected chi connectivity index (χ3v) is 4.75. The van der Waals surface area contributed by atoms with Crippen molar-refractivity contribution in [3.8, 4) is 5.75 Å². The number of hydrogen-bond donors (Lipinski definition) is 1. The van der Waals surface area contributed by atoms with Gasteiger partial charge in [0.2, 0.25) is 0 Å². The zero-order chi connectivity index (χ0) is 15.2. The molecule has 0 aliphatic rings. The van der Waals surface area contributed by atoms with Gasteiger partial charge in [0.1, 0.15) is 5.75 Å². The molecule has 0 fully saturated rings. The highest BCUT2D eigenvalue weighted by Crippen LogP contribution is 2.28. The first kappa shape index (κ1) is 16.5. The predicted octanol–water partition coefficient (Wildman–Crippen LogP) is 4.25. The number of thiazole rings is 1. The number of halogens is 1. The summed E-state index contributed by atoms with van der Waals surface area (Å²) >= 11 is 5.26. The van der Waals surface area contributed by atoms with Crippen molar-refractivity contribution < 1.29 is 4.74 Å². The molecule has 0 saturated heterocycles. The van der Waals surface area contributed by atoms with Crippen LogP contribution in [0.25, 0.3) is 0 Å². The molecule has 0 saturated carbocycles.